The van der Waals surface area contributed by atoms with E-state index in [-0.39, 0.29) is 0 Å². The van der Waals surface area contributed by atoms with Crippen molar-refractivity contribution in [3.8, 4) is 0 Å². The molecule has 2 unspecified atom stereocenters. The molecule has 6 atom stereocenters. The van der Waals surface area contributed by atoms with Gasteiger partial charge in [-0.2, -0.15) is 0 Å². The van der Waals surface area contributed by atoms with Crippen LogP contribution in [0.2, 0.25) is 0 Å². The third kappa shape index (κ3) is 3.23. The van der Waals surface area contributed by atoms with Crippen molar-refractivity contribution in [2.24, 2.45) is 0 Å². The topological polar surface area (TPSA) is 110 Å². The zero-order valence-corrected chi connectivity index (χ0v) is 15.8. The molecular formula is C22H26O6. The first-order valence-corrected chi connectivity index (χ1v) is 9.09. The average Bonchev–Trinajstić information content (AvgIpc) is 3.24. The Hall–Kier alpha value is -2.22. The van der Waals surface area contributed by atoms with Crippen molar-refractivity contribution in [1.82, 2.24) is 0 Å². The summed E-state index contributed by atoms with van der Waals surface area (Å²) in [7, 11) is 1.41. The molecule has 1 aliphatic rings. The largest absolute Gasteiger partial charge is 0.509 e. The second-order valence-corrected chi connectivity index (χ2v) is 7.34. The molecule has 1 aliphatic carbocycles. The van der Waals surface area contributed by atoms with Crippen molar-refractivity contribution in [3.63, 3.8) is 0 Å². The van der Waals surface area contributed by atoms with E-state index in [9.17, 15) is 25.5 Å². The standard InChI is InChI=1S/C22H26O6/c1-21(28-2)19(15-11-7-4-8-12-15)22(21,27)20(26)18(25)17(24)16(23)13-14-9-5-3-6-10-14/h3-13,17-20,23-27H,1-2H3/t17-,18-,19?,20+,21?,22-/m1/s1. The Morgan fingerprint density at radius 3 is 2.07 bits per heavy atom. The summed E-state index contributed by atoms with van der Waals surface area (Å²) in [4.78, 5) is 0. The van der Waals surface area contributed by atoms with E-state index in [4.69, 9.17) is 4.74 Å². The number of hydrogen-bond acceptors (Lipinski definition) is 6. The van der Waals surface area contributed by atoms with Crippen LogP contribution in [-0.2, 0) is 4.74 Å². The van der Waals surface area contributed by atoms with E-state index >= 15 is 0 Å². The van der Waals surface area contributed by atoms with E-state index in [0.29, 0.717) is 5.56 Å². The molecule has 3 rings (SSSR count). The molecule has 0 saturated heterocycles. The Morgan fingerprint density at radius 1 is 1.00 bits per heavy atom. The molecule has 6 heteroatoms. The molecule has 0 amide bonds. The smallest absolute Gasteiger partial charge is 0.139 e. The quantitative estimate of drug-likeness (QED) is 0.463. The lowest BCUT2D eigenvalue weighted by Crippen LogP contribution is -2.50. The minimum absolute atomic E-state index is 0.516. The molecule has 0 heterocycles. The van der Waals surface area contributed by atoms with Crippen molar-refractivity contribution in [1.29, 1.82) is 0 Å². The minimum atomic E-state index is -1.84. The van der Waals surface area contributed by atoms with E-state index in [0.717, 1.165) is 5.56 Å². The van der Waals surface area contributed by atoms with Crippen LogP contribution in [0.5, 0.6) is 0 Å². The van der Waals surface area contributed by atoms with E-state index in [1.807, 2.05) is 6.07 Å². The van der Waals surface area contributed by atoms with Crippen LogP contribution in [0.1, 0.15) is 24.0 Å². The number of aliphatic hydroxyl groups is 5. The van der Waals surface area contributed by atoms with Gasteiger partial charge in [-0.3, -0.25) is 0 Å². The van der Waals surface area contributed by atoms with Gasteiger partial charge in [0.2, 0.25) is 0 Å². The summed E-state index contributed by atoms with van der Waals surface area (Å²) in [5.41, 5.74) is -1.64. The average molecular weight is 386 g/mol. The monoisotopic (exact) mass is 386 g/mol. The Labute approximate surface area is 164 Å². The molecule has 0 aliphatic heterocycles. The minimum Gasteiger partial charge on any atom is -0.509 e. The highest BCUT2D eigenvalue weighted by molar-refractivity contribution is 5.52. The van der Waals surface area contributed by atoms with Gasteiger partial charge in [0.05, 0.1) is 5.92 Å². The molecule has 0 bridgehead atoms. The second kappa shape index (κ2) is 7.66. The van der Waals surface area contributed by atoms with Gasteiger partial charge in [0.1, 0.15) is 35.3 Å². The Balaban J connectivity index is 1.83. The summed E-state index contributed by atoms with van der Waals surface area (Å²) >= 11 is 0. The molecule has 28 heavy (non-hydrogen) atoms. The normalized spacial score (nSPS) is 30.5. The van der Waals surface area contributed by atoms with Gasteiger partial charge < -0.3 is 30.3 Å². The molecule has 0 aromatic heterocycles. The van der Waals surface area contributed by atoms with Crippen molar-refractivity contribution >= 4 is 6.08 Å². The van der Waals surface area contributed by atoms with Crippen LogP contribution in [0.3, 0.4) is 0 Å². The molecule has 1 saturated carbocycles. The molecule has 0 radical (unpaired) electrons. The molecule has 0 spiro atoms. The highest BCUT2D eigenvalue weighted by Gasteiger charge is 2.79. The van der Waals surface area contributed by atoms with Crippen LogP contribution < -0.4 is 0 Å². The van der Waals surface area contributed by atoms with Crippen molar-refractivity contribution in [2.45, 2.75) is 42.4 Å². The van der Waals surface area contributed by atoms with E-state index < -0.39 is 41.2 Å². The van der Waals surface area contributed by atoms with E-state index in [1.54, 1.807) is 61.5 Å². The van der Waals surface area contributed by atoms with Gasteiger partial charge in [-0.15, -0.1) is 0 Å². The van der Waals surface area contributed by atoms with Gasteiger partial charge in [0.25, 0.3) is 0 Å². The molecule has 6 nitrogen and oxygen atoms in total. The fourth-order valence-electron chi connectivity index (χ4n) is 3.98. The fraction of sp³-hybridized carbons (Fsp3) is 0.364. The van der Waals surface area contributed by atoms with Crippen LogP contribution in [0, 0.1) is 0 Å². The zero-order chi connectivity index (χ0) is 20.5. The van der Waals surface area contributed by atoms with Crippen LogP contribution in [0.15, 0.2) is 66.4 Å². The molecule has 2 aromatic carbocycles. The second-order valence-electron chi connectivity index (χ2n) is 7.34. The SMILES string of the molecule is COC1(C)C(c2ccccc2)[C@@]1(O)[C@@H](O)[C@H](O)[C@H](O)C(O)=Cc1ccccc1. The lowest BCUT2D eigenvalue weighted by atomic mass is 9.95. The maximum atomic E-state index is 11.2. The van der Waals surface area contributed by atoms with Gasteiger partial charge in [-0.1, -0.05) is 60.7 Å². The number of hydrogen-bond donors (Lipinski definition) is 5. The Bertz CT molecular complexity index is 823. The van der Waals surface area contributed by atoms with Gasteiger partial charge in [0, 0.05) is 7.11 Å². The summed E-state index contributed by atoms with van der Waals surface area (Å²) in [5, 5.41) is 52.9. The number of benzene rings is 2. The van der Waals surface area contributed by atoms with Crippen molar-refractivity contribution in [3.05, 3.63) is 77.5 Å². The maximum absolute atomic E-state index is 11.2. The fourth-order valence-corrected chi connectivity index (χ4v) is 3.98. The highest BCUT2D eigenvalue weighted by atomic mass is 16.5. The molecule has 2 aromatic rings. The first kappa shape index (κ1) is 20.5. The number of aliphatic hydroxyl groups excluding tert-OH is 4. The predicted octanol–water partition coefficient (Wildman–Crippen LogP) is 1.60. The third-order valence-corrected chi connectivity index (χ3v) is 5.77. The van der Waals surface area contributed by atoms with Crippen LogP contribution in [0.25, 0.3) is 6.08 Å². The molecular weight excluding hydrogens is 360 g/mol. The molecule has 150 valence electrons. The van der Waals surface area contributed by atoms with E-state index in [2.05, 4.69) is 0 Å². The number of rotatable bonds is 7. The predicted molar refractivity (Wildman–Crippen MR) is 105 cm³/mol. The highest BCUT2D eigenvalue weighted by Crippen LogP contribution is 2.64. The van der Waals surface area contributed by atoms with Crippen LogP contribution in [-0.4, -0.2) is 62.2 Å². The van der Waals surface area contributed by atoms with Gasteiger partial charge in [-0.25, -0.2) is 0 Å². The third-order valence-electron chi connectivity index (χ3n) is 5.77. The summed E-state index contributed by atoms with van der Waals surface area (Å²) in [6.45, 7) is 1.63. The lowest BCUT2D eigenvalue weighted by molar-refractivity contribution is -0.138. The first-order chi connectivity index (χ1) is 13.3. The Morgan fingerprint density at radius 2 is 1.54 bits per heavy atom. The molecule has 1 fully saturated rings. The van der Waals surface area contributed by atoms with Gasteiger partial charge >= 0.3 is 0 Å². The van der Waals surface area contributed by atoms with Gasteiger partial charge in [0.15, 0.2) is 0 Å². The van der Waals surface area contributed by atoms with Crippen molar-refractivity contribution in [2.75, 3.05) is 7.11 Å². The summed E-state index contributed by atoms with van der Waals surface area (Å²) in [6.07, 6.45) is -4.07. The van der Waals surface area contributed by atoms with Gasteiger partial charge in [-0.05, 0) is 24.1 Å². The maximum Gasteiger partial charge on any atom is 0.139 e. The summed E-state index contributed by atoms with van der Waals surface area (Å²) < 4.78 is 5.46. The number of ether oxygens (including phenoxy) is 1. The summed E-state index contributed by atoms with van der Waals surface area (Å²) in [5.74, 6) is -1.12. The number of methoxy groups -OCH3 is 1. The van der Waals surface area contributed by atoms with Crippen LogP contribution in [0.4, 0.5) is 0 Å². The lowest BCUT2D eigenvalue weighted by Gasteiger charge is -2.29. The summed E-state index contributed by atoms with van der Waals surface area (Å²) in [6, 6.07) is 17.8. The van der Waals surface area contributed by atoms with Crippen LogP contribution >= 0.6 is 0 Å². The Kier molecular flexibility index (Phi) is 5.61. The molecule has 5 N–H and O–H groups in total. The van der Waals surface area contributed by atoms with E-state index in [1.165, 1.54) is 13.2 Å². The first-order valence-electron chi connectivity index (χ1n) is 9.09. The van der Waals surface area contributed by atoms with Crippen molar-refractivity contribution < 1.29 is 30.3 Å². The zero-order valence-electron chi connectivity index (χ0n) is 15.8.